The first-order chi connectivity index (χ1) is 7.08. The Hall–Kier alpha value is -2.17. The summed E-state index contributed by atoms with van der Waals surface area (Å²) in [5, 5.41) is 8.52. The number of carbonyl (C=O) groups is 2. The number of carboxylic acids is 1. The van der Waals surface area contributed by atoms with Crippen molar-refractivity contribution >= 4 is 22.9 Å². The molecule has 1 N–H and O–H groups in total. The lowest BCUT2D eigenvalue weighted by atomic mass is 10.1. The maximum atomic E-state index is 11.1. The Morgan fingerprint density at radius 3 is 2.80 bits per heavy atom. The first-order valence-electron chi connectivity index (χ1n) is 4.23. The third-order valence-electron chi connectivity index (χ3n) is 1.95. The van der Waals surface area contributed by atoms with Gasteiger partial charge in [0.1, 0.15) is 5.52 Å². The minimum Gasteiger partial charge on any atom is -0.475 e. The number of ketones is 1. The molecule has 0 radical (unpaired) electrons. The highest BCUT2D eigenvalue weighted by atomic mass is 16.4. The number of hydrogen-bond acceptors (Lipinski definition) is 4. The van der Waals surface area contributed by atoms with Gasteiger partial charge in [-0.05, 0) is 18.2 Å². The molecular formula is C10H7NO4. The number of carboxylic acid groups (broad SMARTS) is 1. The Balaban J connectivity index is 2.55. The molecule has 0 aliphatic rings. The molecule has 0 spiro atoms. The fourth-order valence-electron chi connectivity index (χ4n) is 1.30. The second kappa shape index (κ2) is 3.20. The summed E-state index contributed by atoms with van der Waals surface area (Å²) in [4.78, 5) is 25.6. The van der Waals surface area contributed by atoms with Crippen LogP contribution in [0.2, 0.25) is 0 Å². The minimum atomic E-state index is -1.48. The molecule has 0 saturated carbocycles. The molecule has 0 fully saturated rings. The lowest BCUT2D eigenvalue weighted by molar-refractivity contribution is -0.131. The zero-order valence-electron chi connectivity index (χ0n) is 7.85. The van der Waals surface area contributed by atoms with Crippen LogP contribution in [-0.4, -0.2) is 21.8 Å². The molecule has 5 nitrogen and oxygen atoms in total. The van der Waals surface area contributed by atoms with E-state index in [0.717, 1.165) is 0 Å². The van der Waals surface area contributed by atoms with Gasteiger partial charge in [0.05, 0.1) is 0 Å². The van der Waals surface area contributed by atoms with E-state index in [1.165, 1.54) is 12.1 Å². The van der Waals surface area contributed by atoms with Crippen LogP contribution in [0.3, 0.4) is 0 Å². The van der Waals surface area contributed by atoms with Gasteiger partial charge >= 0.3 is 5.97 Å². The first-order valence-corrected chi connectivity index (χ1v) is 4.23. The summed E-state index contributed by atoms with van der Waals surface area (Å²) in [7, 11) is 0. The largest absolute Gasteiger partial charge is 0.475 e. The van der Waals surface area contributed by atoms with E-state index < -0.39 is 11.8 Å². The van der Waals surface area contributed by atoms with Gasteiger partial charge in [-0.3, -0.25) is 4.79 Å². The van der Waals surface area contributed by atoms with Crippen molar-refractivity contribution in [1.82, 2.24) is 4.98 Å². The van der Waals surface area contributed by atoms with Crippen molar-refractivity contribution in [2.24, 2.45) is 0 Å². The van der Waals surface area contributed by atoms with Gasteiger partial charge in [0.15, 0.2) is 11.5 Å². The topological polar surface area (TPSA) is 80.4 Å². The number of carbonyl (C=O) groups excluding carboxylic acids is 1. The molecular weight excluding hydrogens is 198 g/mol. The van der Waals surface area contributed by atoms with Gasteiger partial charge in [-0.25, -0.2) is 9.78 Å². The fraction of sp³-hybridized carbons (Fsp3) is 0.100. The van der Waals surface area contributed by atoms with Gasteiger partial charge in [-0.1, -0.05) is 0 Å². The second-order valence-corrected chi connectivity index (χ2v) is 3.05. The summed E-state index contributed by atoms with van der Waals surface area (Å²) in [5.74, 6) is -1.96. The summed E-state index contributed by atoms with van der Waals surface area (Å²) in [6, 6.07) is 4.36. The molecule has 0 unspecified atom stereocenters. The lowest BCUT2D eigenvalue weighted by Crippen LogP contribution is -2.12. The Kier molecular flexibility index (Phi) is 2.00. The van der Waals surface area contributed by atoms with E-state index in [4.69, 9.17) is 9.52 Å². The minimum absolute atomic E-state index is 0.0890. The van der Waals surface area contributed by atoms with Crippen molar-refractivity contribution in [3.63, 3.8) is 0 Å². The van der Waals surface area contributed by atoms with Crippen molar-refractivity contribution in [1.29, 1.82) is 0 Å². The Morgan fingerprint density at radius 1 is 1.40 bits per heavy atom. The van der Waals surface area contributed by atoms with E-state index in [1.54, 1.807) is 13.0 Å². The summed E-state index contributed by atoms with van der Waals surface area (Å²) >= 11 is 0. The monoisotopic (exact) mass is 205 g/mol. The highest BCUT2D eigenvalue weighted by Crippen LogP contribution is 2.17. The number of oxazole rings is 1. The van der Waals surface area contributed by atoms with E-state index in [0.29, 0.717) is 17.0 Å². The second-order valence-electron chi connectivity index (χ2n) is 3.05. The highest BCUT2D eigenvalue weighted by Gasteiger charge is 2.15. The number of aryl methyl sites for hydroxylation is 1. The third-order valence-corrected chi connectivity index (χ3v) is 1.95. The SMILES string of the molecule is Cc1nc2ccc(C(=O)C(=O)O)cc2o1. The molecule has 5 heteroatoms. The molecule has 0 bridgehead atoms. The van der Waals surface area contributed by atoms with Crippen LogP contribution in [-0.2, 0) is 4.79 Å². The molecule has 0 saturated heterocycles. The maximum absolute atomic E-state index is 11.1. The van der Waals surface area contributed by atoms with Crippen molar-refractivity contribution in [3.05, 3.63) is 29.7 Å². The summed E-state index contributed by atoms with van der Waals surface area (Å²) in [6.07, 6.45) is 0. The van der Waals surface area contributed by atoms with Crippen molar-refractivity contribution in [2.45, 2.75) is 6.92 Å². The van der Waals surface area contributed by atoms with Crippen molar-refractivity contribution in [3.8, 4) is 0 Å². The number of fused-ring (bicyclic) bond motifs is 1. The van der Waals surface area contributed by atoms with Crippen LogP contribution in [0, 0.1) is 6.92 Å². The number of rotatable bonds is 2. The van der Waals surface area contributed by atoms with Crippen molar-refractivity contribution in [2.75, 3.05) is 0 Å². The Bertz CT molecular complexity index is 556. The van der Waals surface area contributed by atoms with Crippen LogP contribution in [0.5, 0.6) is 0 Å². The van der Waals surface area contributed by atoms with E-state index in [-0.39, 0.29) is 5.56 Å². The zero-order valence-corrected chi connectivity index (χ0v) is 7.85. The molecule has 0 atom stereocenters. The number of hydrogen-bond donors (Lipinski definition) is 1. The molecule has 2 rings (SSSR count). The predicted octanol–water partition coefficient (Wildman–Crippen LogP) is 1.40. The lowest BCUT2D eigenvalue weighted by Gasteiger charge is -1.93. The molecule has 2 aromatic rings. The van der Waals surface area contributed by atoms with E-state index >= 15 is 0 Å². The van der Waals surface area contributed by atoms with Gasteiger partial charge < -0.3 is 9.52 Å². The zero-order chi connectivity index (χ0) is 11.0. The molecule has 0 aliphatic heterocycles. The summed E-state index contributed by atoms with van der Waals surface area (Å²) in [5.41, 5.74) is 1.11. The van der Waals surface area contributed by atoms with Gasteiger partial charge in [0, 0.05) is 12.5 Å². The molecule has 15 heavy (non-hydrogen) atoms. The summed E-state index contributed by atoms with van der Waals surface area (Å²) < 4.78 is 5.18. The van der Waals surface area contributed by atoms with Crippen LogP contribution in [0.25, 0.3) is 11.1 Å². The number of nitrogens with zero attached hydrogens (tertiary/aromatic N) is 1. The van der Waals surface area contributed by atoms with Crippen LogP contribution in [0.1, 0.15) is 16.2 Å². The van der Waals surface area contributed by atoms with Crippen LogP contribution in [0.4, 0.5) is 0 Å². The number of aromatic nitrogens is 1. The average molecular weight is 205 g/mol. The number of aliphatic carboxylic acids is 1. The Morgan fingerprint density at radius 2 is 2.13 bits per heavy atom. The van der Waals surface area contributed by atoms with Crippen LogP contribution in [0.15, 0.2) is 22.6 Å². The van der Waals surface area contributed by atoms with E-state index in [1.807, 2.05) is 0 Å². The van der Waals surface area contributed by atoms with E-state index in [9.17, 15) is 9.59 Å². The molecule has 76 valence electrons. The first kappa shape index (κ1) is 9.39. The molecule has 1 heterocycles. The van der Waals surface area contributed by atoms with Gasteiger partial charge in [-0.2, -0.15) is 0 Å². The molecule has 1 aromatic heterocycles. The normalized spacial score (nSPS) is 10.5. The number of benzene rings is 1. The van der Waals surface area contributed by atoms with Gasteiger partial charge in [0.2, 0.25) is 0 Å². The standard InChI is InChI=1S/C10H7NO4/c1-5-11-7-3-2-6(4-8(7)15-5)9(12)10(13)14/h2-4H,1H3,(H,13,14). The molecule has 0 amide bonds. The fourth-order valence-corrected chi connectivity index (χ4v) is 1.30. The van der Waals surface area contributed by atoms with Gasteiger partial charge in [-0.15, -0.1) is 0 Å². The smallest absolute Gasteiger partial charge is 0.377 e. The highest BCUT2D eigenvalue weighted by molar-refractivity contribution is 6.40. The van der Waals surface area contributed by atoms with Crippen molar-refractivity contribution < 1.29 is 19.1 Å². The molecule has 0 aliphatic carbocycles. The van der Waals surface area contributed by atoms with Crippen LogP contribution < -0.4 is 0 Å². The van der Waals surface area contributed by atoms with E-state index in [2.05, 4.69) is 4.98 Å². The maximum Gasteiger partial charge on any atom is 0.377 e. The predicted molar refractivity (Wildman–Crippen MR) is 50.7 cm³/mol. The van der Waals surface area contributed by atoms with Crippen LogP contribution >= 0.6 is 0 Å². The van der Waals surface area contributed by atoms with Gasteiger partial charge in [0.25, 0.3) is 5.78 Å². The number of Topliss-reactive ketones (excluding diaryl/α,β-unsaturated/α-hetero) is 1. The quantitative estimate of drug-likeness (QED) is 0.592. The average Bonchev–Trinajstić information content (AvgIpc) is 2.55. The molecule has 1 aromatic carbocycles. The Labute approximate surface area is 84.3 Å². The third kappa shape index (κ3) is 1.59. The summed E-state index contributed by atoms with van der Waals surface area (Å²) in [6.45, 7) is 1.68.